The Kier molecular flexibility index (Phi) is 4.98. The summed E-state index contributed by atoms with van der Waals surface area (Å²) in [6.45, 7) is 7.73. The van der Waals surface area contributed by atoms with E-state index in [4.69, 9.17) is 0 Å². The van der Waals surface area contributed by atoms with Crippen molar-refractivity contribution in [3.05, 3.63) is 0 Å². The smallest absolute Gasteiger partial charge is 0.282 e. The van der Waals surface area contributed by atoms with Crippen LogP contribution in [0.5, 0.6) is 0 Å². The number of hydrogen-bond donors (Lipinski definition) is 1. The van der Waals surface area contributed by atoms with E-state index in [2.05, 4.69) is 5.32 Å². The minimum absolute atomic E-state index is 0.556. The molecule has 1 aliphatic rings. The molecule has 1 saturated heterocycles. The normalized spacial score (nSPS) is 19.7. The zero-order chi connectivity index (χ0) is 11.3. The molecule has 1 rings (SSSR count). The summed E-state index contributed by atoms with van der Waals surface area (Å²) in [5.74, 6) is 0. The van der Waals surface area contributed by atoms with Gasteiger partial charge in [0.25, 0.3) is 10.2 Å². The molecule has 15 heavy (non-hydrogen) atoms. The highest BCUT2D eigenvalue weighted by atomic mass is 32.2. The second-order valence-corrected chi connectivity index (χ2v) is 5.58. The van der Waals surface area contributed by atoms with Gasteiger partial charge in [0.05, 0.1) is 0 Å². The van der Waals surface area contributed by atoms with E-state index in [9.17, 15) is 8.42 Å². The van der Waals surface area contributed by atoms with Gasteiger partial charge in [-0.05, 0) is 6.42 Å². The predicted molar refractivity (Wildman–Crippen MR) is 60.9 cm³/mol. The van der Waals surface area contributed by atoms with E-state index >= 15 is 0 Å². The Bertz CT molecular complexity index is 262. The van der Waals surface area contributed by atoms with Gasteiger partial charge >= 0.3 is 0 Å². The van der Waals surface area contributed by atoms with Crippen LogP contribution in [-0.4, -0.2) is 56.3 Å². The Balaban J connectivity index is 2.69. The maximum absolute atomic E-state index is 12.1. The van der Waals surface area contributed by atoms with Gasteiger partial charge in [-0.25, -0.2) is 0 Å². The number of nitrogens with zero attached hydrogens (tertiary/aromatic N) is 2. The third kappa shape index (κ3) is 3.14. The first-order valence-corrected chi connectivity index (χ1v) is 6.98. The van der Waals surface area contributed by atoms with Gasteiger partial charge in [-0.1, -0.05) is 13.8 Å². The van der Waals surface area contributed by atoms with E-state index in [0.29, 0.717) is 26.2 Å². The lowest BCUT2D eigenvalue weighted by molar-refractivity contribution is 0.315. The molecule has 90 valence electrons. The van der Waals surface area contributed by atoms with Crippen molar-refractivity contribution in [1.29, 1.82) is 0 Å². The van der Waals surface area contributed by atoms with Crippen LogP contribution in [0.2, 0.25) is 0 Å². The maximum Gasteiger partial charge on any atom is 0.282 e. The summed E-state index contributed by atoms with van der Waals surface area (Å²) in [7, 11) is -3.21. The van der Waals surface area contributed by atoms with Crippen LogP contribution in [0.15, 0.2) is 0 Å². The molecule has 0 aliphatic carbocycles. The lowest BCUT2D eigenvalue weighted by Gasteiger charge is -2.31. The number of piperazine rings is 1. The van der Waals surface area contributed by atoms with Gasteiger partial charge in [-0.15, -0.1) is 0 Å². The molecule has 0 spiro atoms. The van der Waals surface area contributed by atoms with Crippen LogP contribution in [-0.2, 0) is 10.2 Å². The molecule has 0 bridgehead atoms. The van der Waals surface area contributed by atoms with E-state index in [1.165, 1.54) is 0 Å². The SMILES string of the molecule is CCCN(CC)S(=O)(=O)N1CCNCC1. The van der Waals surface area contributed by atoms with Gasteiger partial charge in [0.15, 0.2) is 0 Å². The second-order valence-electron chi connectivity index (χ2n) is 3.65. The van der Waals surface area contributed by atoms with Gasteiger partial charge in [0.2, 0.25) is 0 Å². The molecule has 0 unspecified atom stereocenters. The average molecular weight is 235 g/mol. The summed E-state index contributed by atoms with van der Waals surface area (Å²) in [6, 6.07) is 0. The Hall–Kier alpha value is -0.170. The van der Waals surface area contributed by atoms with E-state index < -0.39 is 10.2 Å². The van der Waals surface area contributed by atoms with Crippen LogP contribution in [0, 0.1) is 0 Å². The van der Waals surface area contributed by atoms with Gasteiger partial charge in [-0.2, -0.15) is 17.0 Å². The van der Waals surface area contributed by atoms with Crippen molar-refractivity contribution in [1.82, 2.24) is 13.9 Å². The number of rotatable bonds is 5. The molecule has 1 N–H and O–H groups in total. The Morgan fingerprint density at radius 1 is 1.27 bits per heavy atom. The highest BCUT2D eigenvalue weighted by Crippen LogP contribution is 2.09. The summed E-state index contributed by atoms with van der Waals surface area (Å²) in [5, 5.41) is 3.15. The van der Waals surface area contributed by atoms with Crippen LogP contribution in [0.25, 0.3) is 0 Å². The van der Waals surface area contributed by atoms with E-state index in [1.54, 1.807) is 8.61 Å². The molecule has 0 amide bonds. The van der Waals surface area contributed by atoms with Crippen LogP contribution in [0.1, 0.15) is 20.3 Å². The Morgan fingerprint density at radius 2 is 1.87 bits per heavy atom. The fourth-order valence-corrected chi connectivity index (χ4v) is 3.43. The van der Waals surface area contributed by atoms with Crippen molar-refractivity contribution in [2.45, 2.75) is 20.3 Å². The summed E-state index contributed by atoms with van der Waals surface area (Å²) < 4.78 is 27.4. The number of nitrogens with one attached hydrogen (secondary N) is 1. The Labute approximate surface area is 92.6 Å². The average Bonchev–Trinajstić information content (AvgIpc) is 2.27. The summed E-state index contributed by atoms with van der Waals surface area (Å²) >= 11 is 0. The third-order valence-electron chi connectivity index (χ3n) is 2.55. The van der Waals surface area contributed by atoms with Gasteiger partial charge in [-0.3, -0.25) is 0 Å². The van der Waals surface area contributed by atoms with E-state index in [-0.39, 0.29) is 0 Å². The molecule has 0 aromatic heterocycles. The van der Waals surface area contributed by atoms with Crippen molar-refractivity contribution in [2.75, 3.05) is 39.3 Å². The minimum atomic E-state index is -3.21. The molecule has 5 nitrogen and oxygen atoms in total. The zero-order valence-corrected chi connectivity index (χ0v) is 10.4. The zero-order valence-electron chi connectivity index (χ0n) is 9.57. The molecule has 6 heteroatoms. The van der Waals surface area contributed by atoms with Crippen LogP contribution in [0.3, 0.4) is 0 Å². The van der Waals surface area contributed by atoms with Crippen LogP contribution in [0.4, 0.5) is 0 Å². The predicted octanol–water partition coefficient (Wildman–Crippen LogP) is -0.132. The van der Waals surface area contributed by atoms with Crippen molar-refractivity contribution < 1.29 is 8.42 Å². The monoisotopic (exact) mass is 235 g/mol. The van der Waals surface area contributed by atoms with Crippen molar-refractivity contribution in [3.63, 3.8) is 0 Å². The second kappa shape index (κ2) is 5.79. The molecule has 1 fully saturated rings. The van der Waals surface area contributed by atoms with Crippen molar-refractivity contribution >= 4 is 10.2 Å². The lowest BCUT2D eigenvalue weighted by atomic mass is 10.4. The van der Waals surface area contributed by atoms with E-state index in [1.807, 2.05) is 13.8 Å². The molecule has 0 radical (unpaired) electrons. The molecule has 0 saturated carbocycles. The van der Waals surface area contributed by atoms with Gasteiger partial charge in [0, 0.05) is 39.3 Å². The quantitative estimate of drug-likeness (QED) is 0.722. The van der Waals surface area contributed by atoms with Crippen molar-refractivity contribution in [3.8, 4) is 0 Å². The molecule has 1 aliphatic heterocycles. The standard InChI is InChI=1S/C9H21N3O2S/c1-3-7-11(4-2)15(13,14)12-8-5-10-6-9-12/h10H,3-9H2,1-2H3. The summed E-state index contributed by atoms with van der Waals surface area (Å²) in [5.41, 5.74) is 0. The third-order valence-corrected chi connectivity index (χ3v) is 4.67. The fraction of sp³-hybridized carbons (Fsp3) is 1.00. The molecule has 0 aromatic carbocycles. The highest BCUT2D eigenvalue weighted by Gasteiger charge is 2.28. The fourth-order valence-electron chi connectivity index (χ4n) is 1.72. The topological polar surface area (TPSA) is 52.7 Å². The largest absolute Gasteiger partial charge is 0.314 e. The molecular formula is C9H21N3O2S. The summed E-state index contributed by atoms with van der Waals surface area (Å²) in [6.07, 6.45) is 0.860. The molecule has 0 atom stereocenters. The van der Waals surface area contributed by atoms with Crippen LogP contribution < -0.4 is 5.32 Å². The summed E-state index contributed by atoms with van der Waals surface area (Å²) in [4.78, 5) is 0. The Morgan fingerprint density at radius 3 is 2.33 bits per heavy atom. The first-order valence-electron chi connectivity index (χ1n) is 5.58. The maximum atomic E-state index is 12.1. The first-order chi connectivity index (χ1) is 7.12. The molecule has 1 heterocycles. The number of hydrogen-bond acceptors (Lipinski definition) is 3. The van der Waals surface area contributed by atoms with Gasteiger partial charge in [0.1, 0.15) is 0 Å². The minimum Gasteiger partial charge on any atom is -0.314 e. The van der Waals surface area contributed by atoms with Gasteiger partial charge < -0.3 is 5.32 Å². The molecule has 0 aromatic rings. The highest BCUT2D eigenvalue weighted by molar-refractivity contribution is 7.86. The van der Waals surface area contributed by atoms with Crippen LogP contribution >= 0.6 is 0 Å². The van der Waals surface area contributed by atoms with Crippen molar-refractivity contribution in [2.24, 2.45) is 0 Å². The lowest BCUT2D eigenvalue weighted by Crippen LogP contribution is -2.51. The molecular weight excluding hydrogens is 214 g/mol. The first kappa shape index (κ1) is 12.9. The van der Waals surface area contributed by atoms with E-state index in [0.717, 1.165) is 19.5 Å².